The van der Waals surface area contributed by atoms with Crippen molar-refractivity contribution in [2.45, 2.75) is 13.8 Å². The molecular weight excluding hydrogens is 422 g/mol. The molecule has 2 heterocycles. The van der Waals surface area contributed by atoms with Crippen molar-refractivity contribution >= 4 is 39.5 Å². The van der Waals surface area contributed by atoms with Gasteiger partial charge >= 0.3 is 5.69 Å². The maximum Gasteiger partial charge on any atom is 0.335 e. The van der Waals surface area contributed by atoms with Crippen molar-refractivity contribution in [3.8, 4) is 11.6 Å². The fourth-order valence-corrected chi connectivity index (χ4v) is 3.47. The first kappa shape index (κ1) is 18.2. The van der Waals surface area contributed by atoms with Crippen LogP contribution >= 0.6 is 15.9 Å². The Kier molecular flexibility index (Phi) is 4.39. The maximum atomic E-state index is 12.4. The minimum atomic E-state index is -0.698. The lowest BCUT2D eigenvalue weighted by Gasteiger charge is -2.12. The second-order valence-electron chi connectivity index (χ2n) is 6.62. The predicted molar refractivity (Wildman–Crippen MR) is 114 cm³/mol. The highest BCUT2D eigenvalue weighted by atomic mass is 79.9. The lowest BCUT2D eigenvalue weighted by molar-refractivity contribution is 0.429. The zero-order chi connectivity index (χ0) is 20.0. The Balaban J connectivity index is 1.92. The number of aryl methyl sites for hydroxylation is 2. The highest BCUT2D eigenvalue weighted by Crippen LogP contribution is 2.35. The lowest BCUT2D eigenvalue weighted by Crippen LogP contribution is -2.30. The van der Waals surface area contributed by atoms with Gasteiger partial charge in [-0.05, 0) is 61.4 Å². The molecule has 2 aromatic carbocycles. The van der Waals surface area contributed by atoms with Gasteiger partial charge in [0.25, 0.3) is 5.56 Å². The molecule has 1 aromatic heterocycles. The lowest BCUT2D eigenvalue weighted by atomic mass is 10.1. The van der Waals surface area contributed by atoms with Crippen LogP contribution in [-0.2, 0) is 0 Å². The van der Waals surface area contributed by atoms with E-state index in [1.54, 1.807) is 18.3 Å². The number of aromatic hydroxyl groups is 1. The van der Waals surface area contributed by atoms with E-state index in [0.717, 1.165) is 31.4 Å². The van der Waals surface area contributed by atoms with E-state index < -0.39 is 17.1 Å². The summed E-state index contributed by atoms with van der Waals surface area (Å²) in [5.74, 6) is -0.415. The Labute approximate surface area is 168 Å². The van der Waals surface area contributed by atoms with Gasteiger partial charge in [-0.25, -0.2) is 9.36 Å². The van der Waals surface area contributed by atoms with E-state index in [9.17, 15) is 14.7 Å². The van der Waals surface area contributed by atoms with E-state index in [-0.39, 0.29) is 5.56 Å². The Morgan fingerprint density at radius 3 is 2.64 bits per heavy atom. The van der Waals surface area contributed by atoms with Crippen molar-refractivity contribution in [3.05, 3.63) is 84.0 Å². The topological polar surface area (TPSA) is 87.4 Å². The van der Waals surface area contributed by atoms with Crippen molar-refractivity contribution in [2.75, 3.05) is 0 Å². The number of halogens is 1. The molecule has 0 fully saturated rings. The van der Waals surface area contributed by atoms with Gasteiger partial charge in [0.05, 0.1) is 11.4 Å². The van der Waals surface area contributed by atoms with Gasteiger partial charge in [-0.3, -0.25) is 14.8 Å². The molecule has 0 atom stereocenters. The maximum absolute atomic E-state index is 12.4. The molecule has 140 valence electrons. The molecular formula is C21H16BrN3O3. The minimum absolute atomic E-state index is 0.00731. The monoisotopic (exact) mass is 437 g/mol. The molecule has 0 spiro atoms. The summed E-state index contributed by atoms with van der Waals surface area (Å²) in [6.07, 6.45) is 3.16. The van der Waals surface area contributed by atoms with Crippen molar-refractivity contribution in [1.82, 2.24) is 9.55 Å². The number of H-pyrrole nitrogens is 1. The fraction of sp³-hybridized carbons (Fsp3) is 0.0952. The second kappa shape index (κ2) is 6.76. The first-order valence-corrected chi connectivity index (χ1v) is 9.36. The Morgan fingerprint density at radius 2 is 1.89 bits per heavy atom. The molecule has 4 rings (SSSR count). The van der Waals surface area contributed by atoms with Crippen LogP contribution in [0.4, 0.5) is 5.69 Å². The van der Waals surface area contributed by atoms with Crippen LogP contribution in [0.5, 0.6) is 5.88 Å². The number of fused-ring (bicyclic) bond motifs is 1. The number of hydrogen-bond acceptors (Lipinski definition) is 4. The molecule has 7 heteroatoms. The average molecular weight is 438 g/mol. The molecule has 0 unspecified atom stereocenters. The fourth-order valence-electron chi connectivity index (χ4n) is 3.10. The molecule has 6 nitrogen and oxygen atoms in total. The Bertz CT molecular complexity index is 1300. The van der Waals surface area contributed by atoms with E-state index >= 15 is 0 Å². The number of aliphatic imine (C=N–C) groups is 1. The van der Waals surface area contributed by atoms with Crippen LogP contribution in [0, 0.1) is 13.8 Å². The van der Waals surface area contributed by atoms with Gasteiger partial charge in [0.15, 0.2) is 0 Å². The molecule has 0 bridgehead atoms. The number of nitrogens with zero attached hydrogens (tertiary/aromatic N) is 2. The Hall–Kier alpha value is -3.19. The van der Waals surface area contributed by atoms with E-state index in [4.69, 9.17) is 0 Å². The van der Waals surface area contributed by atoms with Gasteiger partial charge in [0, 0.05) is 21.8 Å². The van der Waals surface area contributed by atoms with Crippen molar-refractivity contribution in [2.24, 2.45) is 4.99 Å². The van der Waals surface area contributed by atoms with Crippen molar-refractivity contribution in [3.63, 3.8) is 0 Å². The third kappa shape index (κ3) is 3.03. The average Bonchev–Trinajstić information content (AvgIpc) is 3.03. The molecule has 1 aliphatic heterocycles. The minimum Gasteiger partial charge on any atom is -0.494 e. The molecule has 0 radical (unpaired) electrons. The van der Waals surface area contributed by atoms with E-state index in [1.165, 1.54) is 6.08 Å². The number of hydrogen-bond donors (Lipinski definition) is 2. The number of nitrogens with one attached hydrogen (secondary N) is 1. The normalized spacial score (nSPS) is 13.9. The van der Waals surface area contributed by atoms with Gasteiger partial charge in [-0.1, -0.05) is 22.0 Å². The molecule has 28 heavy (non-hydrogen) atoms. The standard InChI is InChI=1S/C21H16BrN3O3/c1-11-3-5-15(7-12(11)2)25-20(27)17(19(26)24-21(25)28)8-13-10-23-18-6-4-14(22)9-16(13)18/h3-10,27H,1-2H3,(H,24,26,28). The van der Waals surface area contributed by atoms with Crippen molar-refractivity contribution in [1.29, 1.82) is 0 Å². The number of benzene rings is 2. The zero-order valence-electron chi connectivity index (χ0n) is 15.2. The van der Waals surface area contributed by atoms with Crippen LogP contribution in [0.1, 0.15) is 22.3 Å². The summed E-state index contributed by atoms with van der Waals surface area (Å²) in [6.45, 7) is 3.87. The van der Waals surface area contributed by atoms with Crippen LogP contribution in [-0.4, -0.2) is 20.9 Å². The first-order chi connectivity index (χ1) is 13.3. The molecule has 0 saturated heterocycles. The summed E-state index contributed by atoms with van der Waals surface area (Å²) in [5.41, 5.74) is 3.41. The summed E-state index contributed by atoms with van der Waals surface area (Å²) >= 11 is 3.43. The predicted octanol–water partition coefficient (Wildman–Crippen LogP) is 3.87. The highest BCUT2D eigenvalue weighted by molar-refractivity contribution is 9.10. The van der Waals surface area contributed by atoms with Crippen LogP contribution in [0.3, 0.4) is 0 Å². The third-order valence-corrected chi connectivity index (χ3v) is 5.27. The zero-order valence-corrected chi connectivity index (χ0v) is 16.7. The smallest absolute Gasteiger partial charge is 0.335 e. The summed E-state index contributed by atoms with van der Waals surface area (Å²) in [5, 5.41) is 10.8. The van der Waals surface area contributed by atoms with Gasteiger partial charge in [0.1, 0.15) is 5.56 Å². The Morgan fingerprint density at radius 1 is 1.11 bits per heavy atom. The van der Waals surface area contributed by atoms with Crippen LogP contribution in [0.2, 0.25) is 0 Å². The third-order valence-electron chi connectivity index (χ3n) is 4.78. The van der Waals surface area contributed by atoms with E-state index in [0.29, 0.717) is 11.3 Å². The highest BCUT2D eigenvalue weighted by Gasteiger charge is 2.18. The quantitative estimate of drug-likeness (QED) is 0.637. The number of rotatable bonds is 2. The number of aromatic nitrogens is 2. The summed E-state index contributed by atoms with van der Waals surface area (Å²) in [7, 11) is 0. The van der Waals surface area contributed by atoms with E-state index in [2.05, 4.69) is 25.9 Å². The molecule has 0 saturated carbocycles. The molecule has 3 aromatic rings. The molecule has 0 amide bonds. The van der Waals surface area contributed by atoms with Gasteiger partial charge in [-0.15, -0.1) is 0 Å². The molecule has 0 aliphatic carbocycles. The van der Waals surface area contributed by atoms with E-state index in [1.807, 2.05) is 38.1 Å². The van der Waals surface area contributed by atoms with Crippen LogP contribution in [0.15, 0.2) is 55.5 Å². The van der Waals surface area contributed by atoms with Crippen LogP contribution in [0.25, 0.3) is 17.3 Å². The largest absolute Gasteiger partial charge is 0.494 e. The van der Waals surface area contributed by atoms with Gasteiger partial charge in [0.2, 0.25) is 5.88 Å². The first-order valence-electron chi connectivity index (χ1n) is 8.57. The number of aromatic amines is 1. The molecule has 2 N–H and O–H groups in total. The number of allylic oxidation sites excluding steroid dienone is 1. The van der Waals surface area contributed by atoms with Crippen LogP contribution < -0.4 is 11.2 Å². The van der Waals surface area contributed by atoms with Crippen molar-refractivity contribution < 1.29 is 5.11 Å². The summed E-state index contributed by atoms with van der Waals surface area (Å²) in [6, 6.07) is 11.0. The summed E-state index contributed by atoms with van der Waals surface area (Å²) < 4.78 is 1.97. The summed E-state index contributed by atoms with van der Waals surface area (Å²) in [4.78, 5) is 31.4. The molecule has 1 aliphatic rings. The SMILES string of the molecule is Cc1ccc(-n2c(O)c(C=C3C=Nc4ccc(Br)cc43)c(=O)[nH]c2=O)cc1C. The second-order valence-corrected chi connectivity index (χ2v) is 7.54. The van der Waals surface area contributed by atoms with Gasteiger partial charge in [-0.2, -0.15) is 0 Å². The van der Waals surface area contributed by atoms with Gasteiger partial charge < -0.3 is 5.11 Å².